The number of amides is 2. The van der Waals surface area contributed by atoms with Crippen LogP contribution in [0, 0.1) is 6.92 Å². The molecule has 1 atom stereocenters. The molecule has 0 saturated heterocycles. The number of urea groups is 1. The Balaban J connectivity index is 2.01. The maximum atomic E-state index is 13.6. The van der Waals surface area contributed by atoms with Crippen molar-refractivity contribution >= 4 is 11.7 Å². The predicted molar refractivity (Wildman–Crippen MR) is 106 cm³/mol. The third kappa shape index (κ3) is 5.37. The van der Waals surface area contributed by atoms with Crippen LogP contribution in [0.15, 0.2) is 66.9 Å². The highest BCUT2D eigenvalue weighted by molar-refractivity contribution is 5.90. The summed E-state index contributed by atoms with van der Waals surface area (Å²) in [6.07, 6.45) is -8.30. The lowest BCUT2D eigenvalue weighted by Gasteiger charge is -2.23. The van der Waals surface area contributed by atoms with E-state index in [-0.39, 0.29) is 5.56 Å². The van der Waals surface area contributed by atoms with E-state index in [1.807, 2.05) is 0 Å². The van der Waals surface area contributed by atoms with Crippen molar-refractivity contribution in [3.8, 4) is 0 Å². The van der Waals surface area contributed by atoms with Gasteiger partial charge in [-0.1, -0.05) is 30.3 Å². The smallest absolute Gasteiger partial charge is 0.325 e. The van der Waals surface area contributed by atoms with Crippen molar-refractivity contribution in [2.24, 2.45) is 0 Å². The van der Waals surface area contributed by atoms with E-state index in [2.05, 4.69) is 15.6 Å². The molecule has 4 nitrogen and oxygen atoms in total. The first-order valence-corrected chi connectivity index (χ1v) is 9.29. The molecule has 0 aliphatic carbocycles. The molecule has 2 aromatic carbocycles. The van der Waals surface area contributed by atoms with Crippen LogP contribution in [-0.4, -0.2) is 11.0 Å². The van der Waals surface area contributed by atoms with E-state index >= 15 is 0 Å². The Morgan fingerprint density at radius 2 is 1.53 bits per heavy atom. The minimum Gasteiger partial charge on any atom is -0.325 e. The van der Waals surface area contributed by atoms with Crippen LogP contribution >= 0.6 is 0 Å². The van der Waals surface area contributed by atoms with Gasteiger partial charge in [0.15, 0.2) is 0 Å². The first kappa shape index (κ1) is 23.1. The summed E-state index contributed by atoms with van der Waals surface area (Å²) in [5.41, 5.74) is -1.49. The number of aryl methyl sites for hydroxylation is 1. The summed E-state index contributed by atoms with van der Waals surface area (Å²) >= 11 is 0. The highest BCUT2D eigenvalue weighted by Gasteiger charge is 2.37. The highest BCUT2D eigenvalue weighted by Crippen LogP contribution is 2.36. The molecule has 0 aliphatic rings. The Bertz CT molecular complexity index is 1090. The summed E-state index contributed by atoms with van der Waals surface area (Å²) in [7, 11) is 0. The second kappa shape index (κ2) is 8.89. The zero-order valence-corrected chi connectivity index (χ0v) is 16.6. The average molecular weight is 453 g/mol. The fourth-order valence-corrected chi connectivity index (χ4v) is 3.06. The number of hydrogen-bond donors (Lipinski definition) is 2. The molecule has 32 heavy (non-hydrogen) atoms. The normalized spacial score (nSPS) is 12.8. The Morgan fingerprint density at radius 1 is 0.875 bits per heavy atom. The number of rotatable bonds is 4. The van der Waals surface area contributed by atoms with Crippen LogP contribution in [0.5, 0.6) is 0 Å². The topological polar surface area (TPSA) is 54.0 Å². The monoisotopic (exact) mass is 453 g/mol. The second-order valence-corrected chi connectivity index (χ2v) is 6.90. The van der Waals surface area contributed by atoms with Gasteiger partial charge in [-0.2, -0.15) is 26.3 Å². The number of nitrogens with zero attached hydrogens (tertiary/aromatic N) is 1. The van der Waals surface area contributed by atoms with Crippen LogP contribution in [0.1, 0.15) is 34.0 Å². The Kier molecular flexibility index (Phi) is 6.42. The number of carbonyl (C=O) groups is 1. The largest absolute Gasteiger partial charge is 0.418 e. The van der Waals surface area contributed by atoms with E-state index in [0.717, 1.165) is 42.6 Å². The van der Waals surface area contributed by atoms with E-state index < -0.39 is 41.2 Å². The van der Waals surface area contributed by atoms with Gasteiger partial charge in [0, 0.05) is 11.9 Å². The van der Waals surface area contributed by atoms with Crippen LogP contribution in [0.25, 0.3) is 0 Å². The van der Waals surface area contributed by atoms with Crippen LogP contribution in [0.2, 0.25) is 0 Å². The summed E-state index contributed by atoms with van der Waals surface area (Å²) in [6, 6.07) is 9.80. The van der Waals surface area contributed by atoms with Gasteiger partial charge < -0.3 is 10.6 Å². The molecule has 3 rings (SSSR count). The lowest BCUT2D eigenvalue weighted by atomic mass is 9.98. The van der Waals surface area contributed by atoms with Gasteiger partial charge in [-0.15, -0.1) is 0 Å². The van der Waals surface area contributed by atoms with E-state index in [9.17, 15) is 31.1 Å². The number of alkyl halides is 6. The lowest BCUT2D eigenvalue weighted by molar-refractivity contribution is -0.139. The number of hydrogen-bond acceptors (Lipinski definition) is 2. The van der Waals surface area contributed by atoms with Gasteiger partial charge in [-0.25, -0.2) is 4.79 Å². The first-order chi connectivity index (χ1) is 15.0. The van der Waals surface area contributed by atoms with E-state index in [1.54, 1.807) is 31.2 Å². The summed E-state index contributed by atoms with van der Waals surface area (Å²) < 4.78 is 79.4. The van der Waals surface area contributed by atoms with Crippen LogP contribution in [0.3, 0.4) is 0 Å². The molecule has 1 heterocycles. The molecule has 168 valence electrons. The van der Waals surface area contributed by atoms with E-state index in [1.165, 1.54) is 0 Å². The van der Waals surface area contributed by atoms with Crippen molar-refractivity contribution in [2.45, 2.75) is 25.3 Å². The van der Waals surface area contributed by atoms with Crippen molar-refractivity contribution in [3.05, 3.63) is 94.8 Å². The number of carbonyl (C=O) groups excluding carboxylic acids is 1. The number of nitrogens with one attached hydrogen (secondary N) is 2. The SMILES string of the molecule is Cc1ccccc1NC(=O)N[C@@H](c1ccc(C(F)(F)F)cc1)c1ncccc1C(F)(F)F. The molecule has 10 heteroatoms. The number of anilines is 1. The third-order valence-electron chi connectivity index (χ3n) is 4.66. The molecule has 3 aromatic rings. The minimum atomic E-state index is -4.79. The van der Waals surface area contributed by atoms with Gasteiger partial charge in [0.1, 0.15) is 0 Å². The standard InChI is InChI=1S/C22H17F6N3O/c1-13-5-2-3-7-17(13)30-20(32)31-18(14-8-10-15(11-9-14)21(23,24)25)19-16(22(26,27)28)6-4-12-29-19/h2-12,18H,1H3,(H2,30,31,32)/t18-/m0/s1. The van der Waals surface area contributed by atoms with Gasteiger partial charge in [-0.3, -0.25) is 4.98 Å². The second-order valence-electron chi connectivity index (χ2n) is 6.90. The van der Waals surface area contributed by atoms with Crippen molar-refractivity contribution in [3.63, 3.8) is 0 Å². The Hall–Kier alpha value is -3.56. The summed E-state index contributed by atoms with van der Waals surface area (Å²) in [6.45, 7) is 1.73. The van der Waals surface area contributed by atoms with Crippen molar-refractivity contribution < 1.29 is 31.1 Å². The number of halogens is 6. The molecular weight excluding hydrogens is 436 g/mol. The molecular formula is C22H17F6N3O. The van der Waals surface area contributed by atoms with Gasteiger partial charge in [-0.05, 0) is 48.4 Å². The fourth-order valence-electron chi connectivity index (χ4n) is 3.06. The third-order valence-corrected chi connectivity index (χ3v) is 4.66. The summed E-state index contributed by atoms with van der Waals surface area (Å²) in [5.74, 6) is 0. The molecule has 1 aromatic heterocycles. The van der Waals surface area contributed by atoms with Crippen molar-refractivity contribution in [2.75, 3.05) is 5.32 Å². The Morgan fingerprint density at radius 3 is 2.12 bits per heavy atom. The molecule has 0 spiro atoms. The van der Waals surface area contributed by atoms with Crippen LogP contribution in [0.4, 0.5) is 36.8 Å². The molecule has 0 saturated carbocycles. The zero-order valence-electron chi connectivity index (χ0n) is 16.6. The van der Waals surface area contributed by atoms with Gasteiger partial charge >= 0.3 is 18.4 Å². The molecule has 0 fully saturated rings. The van der Waals surface area contributed by atoms with Gasteiger partial charge in [0.25, 0.3) is 0 Å². The highest BCUT2D eigenvalue weighted by atomic mass is 19.4. The van der Waals surface area contributed by atoms with Gasteiger partial charge in [0.2, 0.25) is 0 Å². The van der Waals surface area contributed by atoms with Crippen molar-refractivity contribution in [1.29, 1.82) is 0 Å². The molecule has 0 aliphatic heterocycles. The van der Waals surface area contributed by atoms with E-state index in [0.29, 0.717) is 11.3 Å². The average Bonchev–Trinajstić information content (AvgIpc) is 2.72. The molecule has 0 radical (unpaired) electrons. The minimum absolute atomic E-state index is 0.00198. The van der Waals surface area contributed by atoms with Crippen molar-refractivity contribution in [1.82, 2.24) is 10.3 Å². The number of pyridine rings is 1. The maximum absolute atomic E-state index is 13.6. The number of para-hydroxylation sites is 1. The summed E-state index contributed by atoms with van der Waals surface area (Å²) in [4.78, 5) is 16.4. The summed E-state index contributed by atoms with van der Waals surface area (Å²) in [5, 5.41) is 4.94. The fraction of sp³-hybridized carbons (Fsp3) is 0.182. The maximum Gasteiger partial charge on any atom is 0.418 e. The van der Waals surface area contributed by atoms with Crippen LogP contribution in [-0.2, 0) is 12.4 Å². The predicted octanol–water partition coefficient (Wildman–Crippen LogP) is 6.34. The molecule has 0 unspecified atom stereocenters. The lowest BCUT2D eigenvalue weighted by Crippen LogP contribution is -2.35. The number of aromatic nitrogens is 1. The number of benzene rings is 2. The zero-order chi connectivity index (χ0) is 23.5. The van der Waals surface area contributed by atoms with Gasteiger partial charge in [0.05, 0.1) is 22.9 Å². The quantitative estimate of drug-likeness (QED) is 0.453. The van der Waals surface area contributed by atoms with E-state index in [4.69, 9.17) is 0 Å². The van der Waals surface area contributed by atoms with Crippen LogP contribution < -0.4 is 10.6 Å². The molecule has 0 bridgehead atoms. The molecule has 2 N–H and O–H groups in total. The Labute approximate surface area is 179 Å². The first-order valence-electron chi connectivity index (χ1n) is 9.29. The molecule has 2 amide bonds.